The Bertz CT molecular complexity index is 962. The Hall–Kier alpha value is -2.70. The van der Waals surface area contributed by atoms with Gasteiger partial charge in [0.1, 0.15) is 5.82 Å². The first-order valence-corrected chi connectivity index (χ1v) is 10.1. The Balaban J connectivity index is 1.51. The number of hydrogen-bond donors (Lipinski definition) is 1. The van der Waals surface area contributed by atoms with E-state index < -0.39 is 0 Å². The summed E-state index contributed by atoms with van der Waals surface area (Å²) in [7, 11) is 2.13. The topological polar surface area (TPSA) is 35.6 Å². The lowest BCUT2D eigenvalue weighted by Gasteiger charge is -2.35. The van der Waals surface area contributed by atoms with E-state index in [-0.39, 0.29) is 11.7 Å². The molecule has 4 nitrogen and oxygen atoms in total. The Labute approximate surface area is 168 Å². The van der Waals surface area contributed by atoms with Crippen molar-refractivity contribution in [2.24, 2.45) is 0 Å². The van der Waals surface area contributed by atoms with Gasteiger partial charge < -0.3 is 15.1 Å². The number of halogens is 1. The molecule has 0 bridgehead atoms. The summed E-state index contributed by atoms with van der Waals surface area (Å²) >= 11 is 1.41. The predicted octanol–water partition coefficient (Wildman–Crippen LogP) is 4.56. The summed E-state index contributed by atoms with van der Waals surface area (Å²) in [5.74, 6) is -0.390. The fourth-order valence-electron chi connectivity index (χ4n) is 3.32. The number of piperazine rings is 1. The zero-order chi connectivity index (χ0) is 19.5. The number of thiophene rings is 1. The van der Waals surface area contributed by atoms with E-state index in [9.17, 15) is 9.18 Å². The first-order valence-electron chi connectivity index (χ1n) is 9.30. The average molecular weight is 396 g/mol. The van der Waals surface area contributed by atoms with Crippen LogP contribution in [-0.2, 0) is 0 Å². The van der Waals surface area contributed by atoms with Gasteiger partial charge in [0.25, 0.3) is 5.91 Å². The summed E-state index contributed by atoms with van der Waals surface area (Å²) in [4.78, 5) is 19.0. The Morgan fingerprint density at radius 2 is 1.68 bits per heavy atom. The summed E-state index contributed by atoms with van der Waals surface area (Å²) < 4.78 is 13.1. The van der Waals surface area contributed by atoms with Crippen molar-refractivity contribution in [1.29, 1.82) is 0 Å². The maximum Gasteiger partial charge on any atom is 0.265 e. The van der Waals surface area contributed by atoms with Crippen LogP contribution in [0.2, 0.25) is 0 Å². The molecule has 144 valence electrons. The number of nitrogens with zero attached hydrogens (tertiary/aromatic N) is 2. The smallest absolute Gasteiger partial charge is 0.265 e. The summed E-state index contributed by atoms with van der Waals surface area (Å²) in [5.41, 5.74) is 2.79. The van der Waals surface area contributed by atoms with Crippen molar-refractivity contribution < 1.29 is 9.18 Å². The lowest BCUT2D eigenvalue weighted by Crippen LogP contribution is -2.44. The highest BCUT2D eigenvalue weighted by molar-refractivity contribution is 7.17. The van der Waals surface area contributed by atoms with E-state index in [1.165, 1.54) is 23.5 Å². The van der Waals surface area contributed by atoms with E-state index in [0.717, 1.165) is 48.0 Å². The predicted molar refractivity (Wildman–Crippen MR) is 114 cm³/mol. The normalized spacial score (nSPS) is 14.9. The Morgan fingerprint density at radius 3 is 2.43 bits per heavy atom. The molecule has 0 radical (unpaired) electrons. The van der Waals surface area contributed by atoms with Crippen LogP contribution in [0.4, 0.5) is 15.8 Å². The molecule has 0 saturated carbocycles. The molecule has 0 atom stereocenters. The lowest BCUT2D eigenvalue weighted by molar-refractivity contribution is 0.103. The van der Waals surface area contributed by atoms with Crippen LogP contribution in [-0.4, -0.2) is 44.0 Å². The van der Waals surface area contributed by atoms with Crippen LogP contribution in [0.3, 0.4) is 0 Å². The maximum atomic E-state index is 13.1. The highest BCUT2D eigenvalue weighted by Crippen LogP contribution is 2.31. The summed E-state index contributed by atoms with van der Waals surface area (Å²) in [6.45, 7) is 3.90. The molecule has 1 amide bonds. The zero-order valence-corrected chi connectivity index (χ0v) is 16.5. The van der Waals surface area contributed by atoms with Crippen LogP contribution in [0.15, 0.2) is 60.7 Å². The van der Waals surface area contributed by atoms with Crippen molar-refractivity contribution >= 4 is 28.6 Å². The second kappa shape index (κ2) is 8.12. The van der Waals surface area contributed by atoms with E-state index >= 15 is 0 Å². The van der Waals surface area contributed by atoms with Crippen molar-refractivity contribution in [2.45, 2.75) is 0 Å². The highest BCUT2D eigenvalue weighted by Gasteiger charge is 2.18. The second-order valence-corrected chi connectivity index (χ2v) is 8.02. The molecule has 28 heavy (non-hydrogen) atoms. The lowest BCUT2D eigenvalue weighted by atomic mass is 10.2. The maximum absolute atomic E-state index is 13.1. The van der Waals surface area contributed by atoms with Crippen LogP contribution in [0.1, 0.15) is 9.67 Å². The molecule has 0 spiro atoms. The van der Waals surface area contributed by atoms with Gasteiger partial charge in [0.2, 0.25) is 0 Å². The van der Waals surface area contributed by atoms with Gasteiger partial charge in [-0.15, -0.1) is 11.3 Å². The minimum Gasteiger partial charge on any atom is -0.367 e. The van der Waals surface area contributed by atoms with E-state index in [4.69, 9.17) is 0 Å². The third kappa shape index (κ3) is 4.08. The number of anilines is 2. The quantitative estimate of drug-likeness (QED) is 0.704. The van der Waals surface area contributed by atoms with Gasteiger partial charge >= 0.3 is 0 Å². The van der Waals surface area contributed by atoms with Gasteiger partial charge in [-0.3, -0.25) is 4.79 Å². The van der Waals surface area contributed by atoms with E-state index in [2.05, 4.69) is 28.2 Å². The molecule has 1 saturated heterocycles. The molecule has 3 aromatic rings. The average Bonchev–Trinajstić information content (AvgIpc) is 3.20. The number of carbonyl (C=O) groups is 1. The highest BCUT2D eigenvalue weighted by atomic mass is 32.1. The van der Waals surface area contributed by atoms with Crippen LogP contribution in [0.5, 0.6) is 0 Å². The second-order valence-electron chi connectivity index (χ2n) is 6.93. The van der Waals surface area contributed by atoms with E-state index in [0.29, 0.717) is 4.88 Å². The molecule has 0 unspecified atom stereocenters. The van der Waals surface area contributed by atoms with Crippen LogP contribution >= 0.6 is 11.3 Å². The molecule has 1 aromatic heterocycles. The van der Waals surface area contributed by atoms with Crippen molar-refractivity contribution in [3.05, 3.63) is 71.4 Å². The SMILES string of the molecule is CN1CCN(c2ccccc2NC(=O)c2ccc(-c3ccc(F)cc3)s2)CC1. The summed E-state index contributed by atoms with van der Waals surface area (Å²) in [6, 6.07) is 18.0. The van der Waals surface area contributed by atoms with Gasteiger partial charge in [-0.25, -0.2) is 4.39 Å². The number of carbonyl (C=O) groups excluding carboxylic acids is 1. The van der Waals surface area contributed by atoms with Crippen molar-refractivity contribution in [2.75, 3.05) is 43.4 Å². The molecule has 1 fully saturated rings. The van der Waals surface area contributed by atoms with Crippen LogP contribution < -0.4 is 10.2 Å². The van der Waals surface area contributed by atoms with Gasteiger partial charge in [0, 0.05) is 31.1 Å². The first-order chi connectivity index (χ1) is 13.6. The van der Waals surface area contributed by atoms with Gasteiger partial charge in [-0.2, -0.15) is 0 Å². The molecule has 2 aromatic carbocycles. The molecule has 2 heterocycles. The molecule has 6 heteroatoms. The molecule has 1 N–H and O–H groups in total. The zero-order valence-electron chi connectivity index (χ0n) is 15.7. The standard InChI is InChI=1S/C22H22FN3OS/c1-25-12-14-26(15-13-25)19-5-3-2-4-18(19)24-22(27)21-11-10-20(28-21)16-6-8-17(23)9-7-16/h2-11H,12-15H2,1H3,(H,24,27). The monoisotopic (exact) mass is 395 g/mol. The summed E-state index contributed by atoms with van der Waals surface area (Å²) in [6.07, 6.45) is 0. The fraction of sp³-hybridized carbons (Fsp3) is 0.227. The largest absolute Gasteiger partial charge is 0.367 e. The number of amides is 1. The van der Waals surface area contributed by atoms with Crippen LogP contribution in [0.25, 0.3) is 10.4 Å². The molecular formula is C22H22FN3OS. The van der Waals surface area contributed by atoms with Gasteiger partial charge in [-0.05, 0) is 49.0 Å². The Kier molecular flexibility index (Phi) is 5.41. The third-order valence-corrected chi connectivity index (χ3v) is 6.09. The van der Waals surface area contributed by atoms with Crippen LogP contribution in [0, 0.1) is 5.82 Å². The number of nitrogens with one attached hydrogen (secondary N) is 1. The molecule has 4 rings (SSSR count). The number of para-hydroxylation sites is 2. The van der Waals surface area contributed by atoms with Crippen molar-refractivity contribution in [3.8, 4) is 10.4 Å². The number of rotatable bonds is 4. The molecule has 1 aliphatic heterocycles. The van der Waals surface area contributed by atoms with Gasteiger partial charge in [0.05, 0.1) is 16.3 Å². The number of likely N-dealkylation sites (N-methyl/N-ethyl adjacent to an activating group) is 1. The molecule has 0 aliphatic carbocycles. The number of benzene rings is 2. The minimum absolute atomic E-state index is 0.125. The minimum atomic E-state index is -0.265. The van der Waals surface area contributed by atoms with E-state index in [1.807, 2.05) is 30.3 Å². The van der Waals surface area contributed by atoms with Gasteiger partial charge in [0.15, 0.2) is 0 Å². The number of hydrogen-bond acceptors (Lipinski definition) is 4. The van der Waals surface area contributed by atoms with Crippen molar-refractivity contribution in [1.82, 2.24) is 4.90 Å². The summed E-state index contributed by atoms with van der Waals surface area (Å²) in [5, 5.41) is 3.07. The van der Waals surface area contributed by atoms with E-state index in [1.54, 1.807) is 12.1 Å². The molecular weight excluding hydrogens is 373 g/mol. The van der Waals surface area contributed by atoms with Gasteiger partial charge in [-0.1, -0.05) is 24.3 Å². The third-order valence-electron chi connectivity index (χ3n) is 4.95. The first kappa shape index (κ1) is 18.7. The fourth-order valence-corrected chi connectivity index (χ4v) is 4.22. The molecule has 1 aliphatic rings. The Morgan fingerprint density at radius 1 is 0.964 bits per heavy atom. The van der Waals surface area contributed by atoms with Crippen molar-refractivity contribution in [3.63, 3.8) is 0 Å².